The minimum atomic E-state index is 0.179. The number of amides is 1. The van der Waals surface area contributed by atoms with E-state index in [0.29, 0.717) is 6.04 Å². The molecule has 2 saturated heterocycles. The Morgan fingerprint density at radius 1 is 1.60 bits per heavy atom. The third-order valence-corrected chi connectivity index (χ3v) is 2.66. The summed E-state index contributed by atoms with van der Waals surface area (Å²) in [4.78, 5) is 13.3. The Kier molecular flexibility index (Phi) is 1.20. The van der Waals surface area contributed by atoms with Gasteiger partial charge in [-0.15, -0.1) is 0 Å². The molecule has 56 valence electrons. The molecule has 0 aromatic carbocycles. The van der Waals surface area contributed by atoms with Crippen LogP contribution in [0.3, 0.4) is 0 Å². The fraction of sp³-hybridized carbons (Fsp3) is 0.857. The zero-order valence-electron chi connectivity index (χ0n) is 6.13. The molecule has 10 heavy (non-hydrogen) atoms. The summed E-state index contributed by atoms with van der Waals surface area (Å²) in [5, 5.41) is 2.89. The van der Waals surface area contributed by atoms with Gasteiger partial charge < -0.3 is 5.32 Å². The highest BCUT2D eigenvalue weighted by molar-refractivity contribution is 5.83. The minimum Gasteiger partial charge on any atom is -0.353 e. The Labute approximate surface area is 60.4 Å². The minimum absolute atomic E-state index is 0.179. The normalized spacial score (nSPS) is 39.9. The van der Waals surface area contributed by atoms with Gasteiger partial charge in [-0.25, -0.2) is 0 Å². The van der Waals surface area contributed by atoms with Crippen LogP contribution in [-0.4, -0.2) is 36.5 Å². The summed E-state index contributed by atoms with van der Waals surface area (Å²) in [6, 6.07) is 0.793. The number of piperazine rings is 1. The van der Waals surface area contributed by atoms with Crippen LogP contribution in [-0.2, 0) is 4.79 Å². The number of nitrogens with zero attached hydrogens (tertiary/aromatic N) is 1. The van der Waals surface area contributed by atoms with Crippen molar-refractivity contribution in [2.24, 2.45) is 0 Å². The van der Waals surface area contributed by atoms with Gasteiger partial charge in [0, 0.05) is 12.6 Å². The van der Waals surface area contributed by atoms with Crippen molar-refractivity contribution < 1.29 is 4.79 Å². The molecule has 0 spiro atoms. The largest absolute Gasteiger partial charge is 0.353 e. The summed E-state index contributed by atoms with van der Waals surface area (Å²) >= 11 is 0. The van der Waals surface area contributed by atoms with E-state index >= 15 is 0 Å². The molecule has 2 fully saturated rings. The molecule has 0 aliphatic carbocycles. The molecule has 3 heteroatoms. The third kappa shape index (κ3) is 0.669. The Bertz CT molecular complexity index is 169. The van der Waals surface area contributed by atoms with Crippen LogP contribution in [0.25, 0.3) is 0 Å². The van der Waals surface area contributed by atoms with Crippen LogP contribution in [0.4, 0.5) is 0 Å². The van der Waals surface area contributed by atoms with E-state index in [9.17, 15) is 4.79 Å². The first kappa shape index (κ1) is 6.16. The summed E-state index contributed by atoms with van der Waals surface area (Å²) in [6.07, 6.45) is 2.23. The van der Waals surface area contributed by atoms with Crippen molar-refractivity contribution >= 4 is 5.91 Å². The number of carbonyl (C=O) groups excluding carboxylic acids is 1. The van der Waals surface area contributed by atoms with E-state index in [1.807, 2.05) is 7.05 Å². The van der Waals surface area contributed by atoms with Crippen LogP contribution in [0.2, 0.25) is 0 Å². The Balaban J connectivity index is 2.20. The zero-order valence-corrected chi connectivity index (χ0v) is 6.13. The van der Waals surface area contributed by atoms with E-state index < -0.39 is 0 Å². The smallest absolute Gasteiger partial charge is 0.237 e. The third-order valence-electron chi connectivity index (χ3n) is 2.66. The van der Waals surface area contributed by atoms with Gasteiger partial charge in [0.15, 0.2) is 0 Å². The number of hydrogen-bond donors (Lipinski definition) is 1. The SMILES string of the molecule is CN1C2CC[C@@H]1CNC2=O. The van der Waals surface area contributed by atoms with Crippen molar-refractivity contribution in [2.45, 2.75) is 24.9 Å². The number of hydrogen-bond acceptors (Lipinski definition) is 2. The highest BCUT2D eigenvalue weighted by Gasteiger charge is 2.38. The lowest BCUT2D eigenvalue weighted by Gasteiger charge is -2.30. The average molecular weight is 140 g/mol. The molecule has 2 aliphatic rings. The van der Waals surface area contributed by atoms with Crippen molar-refractivity contribution in [3.63, 3.8) is 0 Å². The monoisotopic (exact) mass is 140 g/mol. The summed E-state index contributed by atoms with van der Waals surface area (Å²) in [6.45, 7) is 0.853. The molecule has 3 nitrogen and oxygen atoms in total. The van der Waals surface area contributed by atoms with Gasteiger partial charge in [0.05, 0.1) is 6.04 Å². The predicted octanol–water partition coefficient (Wildman–Crippen LogP) is -0.421. The molecule has 1 unspecified atom stereocenters. The van der Waals surface area contributed by atoms with Crippen molar-refractivity contribution in [2.75, 3.05) is 13.6 Å². The molecule has 2 bridgehead atoms. The predicted molar refractivity (Wildman–Crippen MR) is 37.6 cm³/mol. The number of nitrogens with one attached hydrogen (secondary N) is 1. The number of likely N-dealkylation sites (N-methyl/N-ethyl adjacent to an activating group) is 1. The van der Waals surface area contributed by atoms with Crippen molar-refractivity contribution in [1.82, 2.24) is 10.2 Å². The fourth-order valence-corrected chi connectivity index (χ4v) is 1.91. The molecule has 1 amide bonds. The number of fused-ring (bicyclic) bond motifs is 2. The first-order valence-corrected chi connectivity index (χ1v) is 3.78. The lowest BCUT2D eigenvalue weighted by atomic mass is 10.2. The fourth-order valence-electron chi connectivity index (χ4n) is 1.91. The molecule has 2 heterocycles. The second kappa shape index (κ2) is 1.95. The van der Waals surface area contributed by atoms with E-state index in [4.69, 9.17) is 0 Å². The van der Waals surface area contributed by atoms with Crippen LogP contribution in [0.5, 0.6) is 0 Å². The number of carbonyl (C=O) groups is 1. The van der Waals surface area contributed by atoms with Gasteiger partial charge in [0.1, 0.15) is 0 Å². The summed E-state index contributed by atoms with van der Waals surface area (Å²) in [5.41, 5.74) is 0. The molecule has 2 aliphatic heterocycles. The van der Waals surface area contributed by atoms with Crippen LogP contribution in [0.1, 0.15) is 12.8 Å². The molecule has 1 N–H and O–H groups in total. The highest BCUT2D eigenvalue weighted by atomic mass is 16.2. The lowest BCUT2D eigenvalue weighted by molar-refractivity contribution is -0.127. The molecular formula is C7H12N2O. The molecule has 2 atom stereocenters. The van der Waals surface area contributed by atoms with Crippen molar-refractivity contribution in [1.29, 1.82) is 0 Å². The van der Waals surface area contributed by atoms with Crippen molar-refractivity contribution in [3.8, 4) is 0 Å². The Hall–Kier alpha value is -0.570. The molecule has 0 saturated carbocycles. The first-order chi connectivity index (χ1) is 4.79. The van der Waals surface area contributed by atoms with Gasteiger partial charge in [0.2, 0.25) is 5.91 Å². The Morgan fingerprint density at radius 2 is 2.40 bits per heavy atom. The van der Waals surface area contributed by atoms with Gasteiger partial charge in [-0.1, -0.05) is 0 Å². The van der Waals surface area contributed by atoms with Crippen LogP contribution >= 0.6 is 0 Å². The van der Waals surface area contributed by atoms with E-state index in [0.717, 1.165) is 13.0 Å². The van der Waals surface area contributed by atoms with Crippen molar-refractivity contribution in [3.05, 3.63) is 0 Å². The molecular weight excluding hydrogens is 128 g/mol. The molecule has 0 aromatic heterocycles. The number of rotatable bonds is 0. The average Bonchev–Trinajstić information content (AvgIpc) is 2.13. The topological polar surface area (TPSA) is 32.3 Å². The summed E-state index contributed by atoms with van der Waals surface area (Å²) in [5.74, 6) is 0.219. The van der Waals surface area contributed by atoms with E-state index in [1.165, 1.54) is 6.42 Å². The van der Waals surface area contributed by atoms with E-state index in [1.54, 1.807) is 0 Å². The second-order valence-corrected chi connectivity index (χ2v) is 3.16. The van der Waals surface area contributed by atoms with Crippen LogP contribution in [0.15, 0.2) is 0 Å². The quantitative estimate of drug-likeness (QED) is 0.495. The van der Waals surface area contributed by atoms with Gasteiger partial charge in [-0.3, -0.25) is 9.69 Å². The Morgan fingerprint density at radius 3 is 3.10 bits per heavy atom. The van der Waals surface area contributed by atoms with Gasteiger partial charge in [-0.2, -0.15) is 0 Å². The standard InChI is InChI=1S/C7H12N2O/c1-9-5-2-3-6(9)7(10)8-4-5/h5-6H,2-4H2,1H3,(H,8,10)/t5-,6?/m1/s1. The van der Waals surface area contributed by atoms with Gasteiger partial charge >= 0.3 is 0 Å². The lowest BCUT2D eigenvalue weighted by Crippen LogP contribution is -2.53. The van der Waals surface area contributed by atoms with Gasteiger partial charge in [-0.05, 0) is 19.9 Å². The van der Waals surface area contributed by atoms with Crippen LogP contribution in [0, 0.1) is 0 Å². The maximum Gasteiger partial charge on any atom is 0.237 e. The maximum absolute atomic E-state index is 11.1. The second-order valence-electron chi connectivity index (χ2n) is 3.16. The maximum atomic E-state index is 11.1. The molecule has 2 rings (SSSR count). The molecule has 0 radical (unpaired) electrons. The zero-order chi connectivity index (χ0) is 7.14. The highest BCUT2D eigenvalue weighted by Crippen LogP contribution is 2.24. The van der Waals surface area contributed by atoms with E-state index in [-0.39, 0.29) is 11.9 Å². The van der Waals surface area contributed by atoms with Gasteiger partial charge in [0.25, 0.3) is 0 Å². The van der Waals surface area contributed by atoms with Crippen LogP contribution < -0.4 is 5.32 Å². The summed E-state index contributed by atoms with van der Waals surface area (Å²) in [7, 11) is 2.04. The van der Waals surface area contributed by atoms with E-state index in [2.05, 4.69) is 10.2 Å². The summed E-state index contributed by atoms with van der Waals surface area (Å²) < 4.78 is 0. The molecule has 0 aromatic rings. The first-order valence-electron chi connectivity index (χ1n) is 3.78.